The summed E-state index contributed by atoms with van der Waals surface area (Å²) in [5.41, 5.74) is -0.831. The van der Waals surface area contributed by atoms with E-state index < -0.39 is 32.3 Å². The molecular weight excluding hydrogens is 436 g/mol. The van der Waals surface area contributed by atoms with E-state index in [1.54, 1.807) is 24.3 Å². The molecule has 3 aromatic rings. The van der Waals surface area contributed by atoms with E-state index in [0.717, 1.165) is 6.07 Å². The van der Waals surface area contributed by atoms with Gasteiger partial charge in [-0.25, -0.2) is 0 Å². The number of nitrogens with zero attached hydrogens (tertiary/aromatic N) is 2. The number of carboxylic acid groups (broad SMARTS) is 1. The van der Waals surface area contributed by atoms with Gasteiger partial charge in [-0.1, -0.05) is 41.6 Å². The second-order valence-electron chi connectivity index (χ2n) is 5.40. The summed E-state index contributed by atoms with van der Waals surface area (Å²) in [7, 11) is -4.58. The van der Waals surface area contributed by atoms with Gasteiger partial charge in [-0.15, -0.1) is 0 Å². The first-order chi connectivity index (χ1) is 12.7. The molecule has 0 radical (unpaired) electrons. The Balaban J connectivity index is 0.00000280. The van der Waals surface area contributed by atoms with Gasteiger partial charge < -0.3 is 15.0 Å². The molecule has 138 valence electrons. The fourth-order valence-electron chi connectivity index (χ4n) is 2.42. The third-order valence-corrected chi connectivity index (χ3v) is 4.99. The summed E-state index contributed by atoms with van der Waals surface area (Å²) in [6, 6.07) is 11.1. The van der Waals surface area contributed by atoms with Gasteiger partial charge in [0.1, 0.15) is 4.90 Å². The summed E-state index contributed by atoms with van der Waals surface area (Å²) < 4.78 is 31.8. The number of halogens is 1. The second kappa shape index (κ2) is 8.73. The third-order valence-electron chi connectivity index (χ3n) is 3.65. The number of hydrogen-bond donors (Lipinski definition) is 1. The van der Waals surface area contributed by atoms with E-state index in [9.17, 15) is 23.4 Å². The smallest absolute Gasteiger partial charge is 0.871 e. The van der Waals surface area contributed by atoms with Crippen LogP contribution in [0, 0.1) is 0 Å². The predicted molar refractivity (Wildman–Crippen MR) is 98.9 cm³/mol. The normalized spacial score (nSPS) is 11.5. The minimum Gasteiger partial charge on any atom is -0.871 e. The molecule has 0 saturated heterocycles. The van der Waals surface area contributed by atoms with Crippen LogP contribution in [0.15, 0.2) is 63.7 Å². The van der Waals surface area contributed by atoms with Crippen LogP contribution in [-0.2, 0) is 10.1 Å². The Morgan fingerprint density at radius 2 is 1.75 bits per heavy atom. The SMILES string of the molecule is O=C([O-])c1cc2ccccc2c(N=Nc2ccc(Cl)c(S(=O)(=O)O)c2)c1[O-].[Ca+2]. The zero-order valence-electron chi connectivity index (χ0n) is 14.0. The molecule has 28 heavy (non-hydrogen) atoms. The summed E-state index contributed by atoms with van der Waals surface area (Å²) in [6.45, 7) is 0. The minimum atomic E-state index is -4.58. The maximum absolute atomic E-state index is 12.4. The van der Waals surface area contributed by atoms with Crippen molar-refractivity contribution in [1.82, 2.24) is 0 Å². The van der Waals surface area contributed by atoms with Crippen molar-refractivity contribution in [2.75, 3.05) is 0 Å². The van der Waals surface area contributed by atoms with Crippen molar-refractivity contribution in [2.45, 2.75) is 4.90 Å². The molecular formula is C17H9CaClN2O6S. The van der Waals surface area contributed by atoms with Crippen molar-refractivity contribution in [3.05, 3.63) is 59.1 Å². The van der Waals surface area contributed by atoms with Crippen LogP contribution in [0.2, 0.25) is 5.02 Å². The van der Waals surface area contributed by atoms with Crippen molar-refractivity contribution in [3.63, 3.8) is 0 Å². The van der Waals surface area contributed by atoms with Crippen molar-refractivity contribution in [2.24, 2.45) is 10.2 Å². The maximum atomic E-state index is 12.4. The van der Waals surface area contributed by atoms with E-state index in [-0.39, 0.29) is 54.1 Å². The predicted octanol–water partition coefficient (Wildman–Crippen LogP) is 2.21. The van der Waals surface area contributed by atoms with Crippen molar-refractivity contribution in [1.29, 1.82) is 0 Å². The van der Waals surface area contributed by atoms with Crippen LogP contribution in [0.25, 0.3) is 10.8 Å². The van der Waals surface area contributed by atoms with Gasteiger partial charge in [0.15, 0.2) is 0 Å². The Bertz CT molecular complexity index is 1210. The number of carbonyl (C=O) groups is 1. The van der Waals surface area contributed by atoms with Crippen LogP contribution in [0.5, 0.6) is 5.75 Å². The zero-order valence-corrected chi connectivity index (χ0v) is 17.8. The Kier molecular flexibility index (Phi) is 7.02. The standard InChI is InChI=1S/C17H11ClN2O6S.Ca/c18-13-6-5-10(8-14(13)27(24,25)26)19-20-15-11-4-2-1-3-9(11)7-12(16(15)21)17(22)23;/h1-8,21H,(H,22,23)(H,24,25,26);/q;+2/p-2. The van der Waals surface area contributed by atoms with Crippen molar-refractivity contribution < 1.29 is 28.0 Å². The van der Waals surface area contributed by atoms with Gasteiger partial charge in [0.05, 0.1) is 22.4 Å². The molecule has 3 aromatic carbocycles. The molecule has 1 N–H and O–H groups in total. The van der Waals surface area contributed by atoms with E-state index in [0.29, 0.717) is 10.8 Å². The first-order valence-corrected chi connectivity index (χ1v) is 9.13. The zero-order chi connectivity index (χ0) is 19.8. The van der Waals surface area contributed by atoms with Gasteiger partial charge in [-0.3, -0.25) is 4.55 Å². The second-order valence-corrected chi connectivity index (χ2v) is 7.20. The van der Waals surface area contributed by atoms with Gasteiger partial charge in [-0.2, -0.15) is 18.6 Å². The number of aromatic carboxylic acids is 1. The van der Waals surface area contributed by atoms with Gasteiger partial charge in [0.2, 0.25) is 0 Å². The molecule has 0 aliphatic carbocycles. The van der Waals surface area contributed by atoms with E-state index in [1.807, 2.05) is 0 Å². The van der Waals surface area contributed by atoms with Crippen LogP contribution in [0.3, 0.4) is 0 Å². The number of hydrogen-bond acceptors (Lipinski definition) is 7. The molecule has 0 fully saturated rings. The summed E-state index contributed by atoms with van der Waals surface area (Å²) in [6.07, 6.45) is 0. The largest absolute Gasteiger partial charge is 2.00 e. The Morgan fingerprint density at radius 3 is 2.39 bits per heavy atom. The molecule has 0 saturated carbocycles. The third kappa shape index (κ3) is 4.62. The molecule has 0 bridgehead atoms. The summed E-state index contributed by atoms with van der Waals surface area (Å²) in [5.74, 6) is -2.54. The van der Waals surface area contributed by atoms with Crippen molar-refractivity contribution in [3.8, 4) is 5.75 Å². The first-order valence-electron chi connectivity index (χ1n) is 7.31. The number of rotatable bonds is 4. The summed E-state index contributed by atoms with van der Waals surface area (Å²) in [4.78, 5) is 10.6. The molecule has 0 heterocycles. The monoisotopic (exact) mass is 444 g/mol. The van der Waals surface area contributed by atoms with E-state index >= 15 is 0 Å². The number of carbonyl (C=O) groups excluding carboxylic acids is 1. The quantitative estimate of drug-likeness (QED) is 0.371. The van der Waals surface area contributed by atoms with Crippen LogP contribution in [0.4, 0.5) is 11.4 Å². The molecule has 0 amide bonds. The maximum Gasteiger partial charge on any atom is 2.00 e. The van der Waals surface area contributed by atoms with E-state index in [2.05, 4.69) is 10.2 Å². The van der Waals surface area contributed by atoms with Gasteiger partial charge >= 0.3 is 37.7 Å². The van der Waals surface area contributed by atoms with Crippen LogP contribution in [0.1, 0.15) is 10.4 Å². The number of fused-ring (bicyclic) bond motifs is 1. The fourth-order valence-corrected chi connectivity index (χ4v) is 3.41. The molecule has 0 aliphatic heterocycles. The van der Waals surface area contributed by atoms with Gasteiger partial charge in [-0.05, 0) is 35.2 Å². The topological polar surface area (TPSA) is 142 Å². The number of benzene rings is 3. The average molecular weight is 445 g/mol. The van der Waals surface area contributed by atoms with Gasteiger partial charge in [0, 0.05) is 5.39 Å². The van der Waals surface area contributed by atoms with Crippen LogP contribution < -0.4 is 10.2 Å². The Labute approximate surface area is 194 Å². The van der Waals surface area contributed by atoms with E-state index in [4.69, 9.17) is 16.2 Å². The number of azo groups is 1. The van der Waals surface area contributed by atoms with E-state index in [1.165, 1.54) is 18.2 Å². The fraction of sp³-hybridized carbons (Fsp3) is 0. The molecule has 0 unspecified atom stereocenters. The molecule has 11 heteroatoms. The molecule has 8 nitrogen and oxygen atoms in total. The van der Waals surface area contributed by atoms with Gasteiger partial charge in [0.25, 0.3) is 10.1 Å². The van der Waals surface area contributed by atoms with Crippen molar-refractivity contribution >= 4 is 87.6 Å². The Morgan fingerprint density at radius 1 is 1.07 bits per heavy atom. The molecule has 0 atom stereocenters. The number of carboxylic acids is 1. The molecule has 0 aliphatic rings. The average Bonchev–Trinajstić information content (AvgIpc) is 2.60. The first kappa shape index (κ1) is 22.5. The minimum absolute atomic E-state index is 0. The summed E-state index contributed by atoms with van der Waals surface area (Å²) in [5, 5.41) is 31.8. The van der Waals surface area contributed by atoms with Crippen LogP contribution >= 0.6 is 11.6 Å². The van der Waals surface area contributed by atoms with Crippen LogP contribution in [-0.4, -0.2) is 56.7 Å². The Hall–Kier alpha value is -1.75. The summed E-state index contributed by atoms with van der Waals surface area (Å²) >= 11 is 5.72. The molecule has 0 aromatic heterocycles. The molecule has 3 rings (SSSR count). The molecule has 0 spiro atoms.